The van der Waals surface area contributed by atoms with E-state index < -0.39 is 12.1 Å². The van der Waals surface area contributed by atoms with Gasteiger partial charge < -0.3 is 9.88 Å². The molecular formula is C11H18N4O2. The van der Waals surface area contributed by atoms with Gasteiger partial charge in [-0.3, -0.25) is 10.1 Å². The summed E-state index contributed by atoms with van der Waals surface area (Å²) >= 11 is 0. The molecular weight excluding hydrogens is 220 g/mol. The van der Waals surface area contributed by atoms with Crippen LogP contribution in [0.3, 0.4) is 0 Å². The third kappa shape index (κ3) is 3.30. The van der Waals surface area contributed by atoms with Gasteiger partial charge in [-0.2, -0.15) is 0 Å². The second-order valence-electron chi connectivity index (χ2n) is 3.75. The predicted molar refractivity (Wildman–Crippen MR) is 63.5 cm³/mol. The Hall–Kier alpha value is -1.85. The number of urea groups is 1. The second kappa shape index (κ2) is 6.03. The van der Waals surface area contributed by atoms with E-state index in [1.807, 2.05) is 6.92 Å². The normalized spacial score (nSPS) is 11.9. The lowest BCUT2D eigenvalue weighted by atomic mass is 10.2. The summed E-state index contributed by atoms with van der Waals surface area (Å²) in [6.45, 7) is 3.79. The molecule has 0 bridgehead atoms. The number of imide groups is 1. The number of imidazole rings is 1. The number of amides is 3. The third-order valence-corrected chi connectivity index (χ3v) is 2.48. The maximum Gasteiger partial charge on any atom is 0.321 e. The van der Waals surface area contributed by atoms with E-state index in [4.69, 9.17) is 0 Å². The number of hydrogen-bond acceptors (Lipinski definition) is 3. The largest absolute Gasteiger partial charge is 0.341 e. The number of aromatic nitrogens is 2. The number of aryl methyl sites for hydroxylation is 1. The van der Waals surface area contributed by atoms with Crippen LogP contribution in [0.2, 0.25) is 0 Å². The lowest BCUT2D eigenvalue weighted by Crippen LogP contribution is -2.41. The van der Waals surface area contributed by atoms with Crippen LogP contribution in [0.4, 0.5) is 4.79 Å². The fraction of sp³-hybridized carbons (Fsp3) is 0.545. The second-order valence-corrected chi connectivity index (χ2v) is 3.75. The van der Waals surface area contributed by atoms with Crippen LogP contribution in [0.25, 0.3) is 0 Å². The molecule has 1 atom stereocenters. The zero-order valence-corrected chi connectivity index (χ0v) is 10.4. The van der Waals surface area contributed by atoms with Crippen molar-refractivity contribution in [2.45, 2.75) is 32.7 Å². The summed E-state index contributed by atoms with van der Waals surface area (Å²) < 4.78 is 1.78. The van der Waals surface area contributed by atoms with Gasteiger partial charge in [0.15, 0.2) is 0 Å². The molecule has 0 aliphatic rings. The molecule has 94 valence electrons. The van der Waals surface area contributed by atoms with Crippen LogP contribution in [0.15, 0.2) is 12.4 Å². The first-order valence-electron chi connectivity index (χ1n) is 5.64. The molecule has 0 aliphatic carbocycles. The molecule has 0 radical (unpaired) electrons. The van der Waals surface area contributed by atoms with Crippen molar-refractivity contribution in [2.24, 2.45) is 0 Å². The van der Waals surface area contributed by atoms with Gasteiger partial charge in [-0.05, 0) is 13.3 Å². The monoisotopic (exact) mass is 238 g/mol. The fourth-order valence-corrected chi connectivity index (χ4v) is 1.52. The van der Waals surface area contributed by atoms with Gasteiger partial charge in [-0.25, -0.2) is 9.78 Å². The molecule has 1 rings (SSSR count). The zero-order chi connectivity index (χ0) is 12.8. The summed E-state index contributed by atoms with van der Waals surface area (Å²) in [7, 11) is 1.47. The van der Waals surface area contributed by atoms with E-state index in [-0.39, 0.29) is 5.91 Å². The van der Waals surface area contributed by atoms with Gasteiger partial charge in [-0.15, -0.1) is 0 Å². The Kier molecular flexibility index (Phi) is 4.68. The zero-order valence-electron chi connectivity index (χ0n) is 10.4. The molecule has 1 aromatic heterocycles. The predicted octanol–water partition coefficient (Wildman–Crippen LogP) is 0.852. The first kappa shape index (κ1) is 13.2. The lowest BCUT2D eigenvalue weighted by Gasteiger charge is -2.15. The Bertz CT molecular complexity index is 400. The topological polar surface area (TPSA) is 76.0 Å². The molecule has 3 amide bonds. The Morgan fingerprint density at radius 2 is 2.24 bits per heavy atom. The Morgan fingerprint density at radius 3 is 2.82 bits per heavy atom. The van der Waals surface area contributed by atoms with Gasteiger partial charge >= 0.3 is 6.03 Å². The van der Waals surface area contributed by atoms with Crippen molar-refractivity contribution >= 4 is 11.9 Å². The van der Waals surface area contributed by atoms with Crippen molar-refractivity contribution in [3.63, 3.8) is 0 Å². The van der Waals surface area contributed by atoms with E-state index in [0.717, 1.165) is 18.7 Å². The summed E-state index contributed by atoms with van der Waals surface area (Å²) in [5.41, 5.74) is 0. The first-order chi connectivity index (χ1) is 8.10. The Labute approximate surface area is 100 Å². The van der Waals surface area contributed by atoms with E-state index in [0.29, 0.717) is 0 Å². The number of hydrogen-bond donors (Lipinski definition) is 2. The minimum atomic E-state index is -0.501. The molecule has 1 heterocycles. The van der Waals surface area contributed by atoms with Crippen LogP contribution in [-0.4, -0.2) is 28.5 Å². The maximum absolute atomic E-state index is 11.7. The molecule has 6 heteroatoms. The van der Waals surface area contributed by atoms with Crippen LogP contribution in [0.1, 0.15) is 32.1 Å². The molecule has 0 spiro atoms. The molecule has 17 heavy (non-hydrogen) atoms. The lowest BCUT2D eigenvalue weighted by molar-refractivity contribution is -0.122. The van der Waals surface area contributed by atoms with E-state index in [9.17, 15) is 9.59 Å². The summed E-state index contributed by atoms with van der Waals surface area (Å²) in [6.07, 6.45) is 5.18. The summed E-state index contributed by atoms with van der Waals surface area (Å²) in [5, 5.41) is 4.59. The third-order valence-electron chi connectivity index (χ3n) is 2.48. The number of rotatable bonds is 4. The van der Waals surface area contributed by atoms with Crippen LogP contribution >= 0.6 is 0 Å². The molecule has 0 saturated carbocycles. The first-order valence-corrected chi connectivity index (χ1v) is 5.64. The molecule has 0 aliphatic heterocycles. The van der Waals surface area contributed by atoms with Crippen LogP contribution in [0.5, 0.6) is 0 Å². The van der Waals surface area contributed by atoms with Crippen molar-refractivity contribution in [1.82, 2.24) is 20.2 Å². The van der Waals surface area contributed by atoms with Crippen molar-refractivity contribution in [3.05, 3.63) is 18.2 Å². The molecule has 1 unspecified atom stereocenters. The number of nitrogens with zero attached hydrogens (tertiary/aromatic N) is 2. The Morgan fingerprint density at radius 1 is 1.53 bits per heavy atom. The smallest absolute Gasteiger partial charge is 0.321 e. The highest BCUT2D eigenvalue weighted by atomic mass is 16.2. The maximum atomic E-state index is 11.7. The van der Waals surface area contributed by atoms with Crippen molar-refractivity contribution in [3.8, 4) is 0 Å². The highest BCUT2D eigenvalue weighted by Gasteiger charge is 2.18. The van der Waals surface area contributed by atoms with E-state index >= 15 is 0 Å². The summed E-state index contributed by atoms with van der Waals surface area (Å²) in [4.78, 5) is 27.0. The van der Waals surface area contributed by atoms with Gasteiger partial charge in [-0.1, -0.05) is 6.92 Å². The van der Waals surface area contributed by atoms with Gasteiger partial charge in [0.05, 0.1) is 0 Å². The van der Waals surface area contributed by atoms with Crippen LogP contribution in [-0.2, 0) is 11.2 Å². The van der Waals surface area contributed by atoms with Crippen molar-refractivity contribution in [2.75, 3.05) is 7.05 Å². The van der Waals surface area contributed by atoms with Gasteiger partial charge in [0.1, 0.15) is 11.9 Å². The highest BCUT2D eigenvalue weighted by molar-refractivity contribution is 5.95. The number of nitrogens with one attached hydrogen (secondary N) is 2. The molecule has 0 fully saturated rings. The van der Waals surface area contributed by atoms with Crippen LogP contribution < -0.4 is 10.6 Å². The summed E-state index contributed by atoms with van der Waals surface area (Å²) in [5.74, 6) is 0.506. The molecule has 0 saturated heterocycles. The van der Waals surface area contributed by atoms with Crippen molar-refractivity contribution < 1.29 is 9.59 Å². The quantitative estimate of drug-likeness (QED) is 0.816. The average Bonchev–Trinajstić information content (AvgIpc) is 2.76. The Balaban J connectivity index is 2.74. The highest BCUT2D eigenvalue weighted by Crippen LogP contribution is 2.10. The SMILES string of the molecule is CCCc1nccn1C(C)C(=O)NC(=O)NC. The van der Waals surface area contributed by atoms with E-state index in [1.165, 1.54) is 7.05 Å². The molecule has 6 nitrogen and oxygen atoms in total. The molecule has 1 aromatic rings. The van der Waals surface area contributed by atoms with Crippen LogP contribution in [0, 0.1) is 0 Å². The molecule has 0 aromatic carbocycles. The van der Waals surface area contributed by atoms with E-state index in [2.05, 4.69) is 15.6 Å². The minimum absolute atomic E-state index is 0.347. The van der Waals surface area contributed by atoms with E-state index in [1.54, 1.807) is 23.9 Å². The van der Waals surface area contributed by atoms with Crippen molar-refractivity contribution in [1.29, 1.82) is 0 Å². The molecule has 2 N–H and O–H groups in total. The van der Waals surface area contributed by atoms with Gasteiger partial charge in [0, 0.05) is 25.9 Å². The van der Waals surface area contributed by atoms with Gasteiger partial charge in [0.2, 0.25) is 0 Å². The fourth-order valence-electron chi connectivity index (χ4n) is 1.52. The standard InChI is InChI=1S/C11H18N4O2/c1-4-5-9-13-6-7-15(9)8(2)10(16)14-11(17)12-3/h6-8H,4-5H2,1-3H3,(H2,12,14,16,17). The number of carbonyl (C=O) groups is 2. The minimum Gasteiger partial charge on any atom is -0.341 e. The summed E-state index contributed by atoms with van der Waals surface area (Å²) in [6, 6.07) is -0.949. The average molecular weight is 238 g/mol. The van der Waals surface area contributed by atoms with Gasteiger partial charge in [0.25, 0.3) is 5.91 Å². The number of carbonyl (C=O) groups excluding carboxylic acids is 2.